The van der Waals surface area contributed by atoms with Crippen LogP contribution in [0.5, 0.6) is 11.9 Å². The summed E-state index contributed by atoms with van der Waals surface area (Å²) in [5, 5.41) is 2.12. The van der Waals surface area contributed by atoms with Crippen molar-refractivity contribution in [1.82, 2.24) is 9.97 Å². The third kappa shape index (κ3) is 4.73. The Bertz CT molecular complexity index is 931. The molecule has 1 aromatic carbocycles. The molecule has 0 N–H and O–H groups in total. The Balaban J connectivity index is 2.18. The molecule has 0 saturated carbocycles. The van der Waals surface area contributed by atoms with E-state index >= 15 is 0 Å². The van der Waals surface area contributed by atoms with E-state index in [9.17, 15) is 0 Å². The van der Waals surface area contributed by atoms with E-state index in [1.54, 1.807) is 11.3 Å². The third-order valence-corrected chi connectivity index (χ3v) is 6.41. The van der Waals surface area contributed by atoms with Gasteiger partial charge in [-0.25, -0.2) is 0 Å². The van der Waals surface area contributed by atoms with Gasteiger partial charge in [0, 0.05) is 15.4 Å². The standard InChI is InChI=1S/C18H23BrN2O2SSi2/c1-25(2,3)22-17-16-15(20-18(21-17)23-26(4,5)6)14(11-24-16)12-7-9-13(19)10-8-12/h7-11H,1-6H3. The molecule has 0 aliphatic carbocycles. The van der Waals surface area contributed by atoms with E-state index < -0.39 is 16.6 Å². The fourth-order valence-electron chi connectivity index (χ4n) is 2.39. The zero-order valence-corrected chi connectivity index (χ0v) is 20.3. The molecule has 0 amide bonds. The van der Waals surface area contributed by atoms with E-state index in [2.05, 4.69) is 77.7 Å². The zero-order chi connectivity index (χ0) is 19.1. The molecule has 0 saturated heterocycles. The van der Waals surface area contributed by atoms with Crippen molar-refractivity contribution >= 4 is 54.1 Å². The van der Waals surface area contributed by atoms with E-state index in [1.165, 1.54) is 0 Å². The van der Waals surface area contributed by atoms with Crippen molar-refractivity contribution in [2.45, 2.75) is 39.3 Å². The van der Waals surface area contributed by atoms with Crippen LogP contribution in [0.2, 0.25) is 39.3 Å². The van der Waals surface area contributed by atoms with Gasteiger partial charge in [0.1, 0.15) is 4.70 Å². The lowest BCUT2D eigenvalue weighted by molar-refractivity contribution is 0.483. The van der Waals surface area contributed by atoms with Gasteiger partial charge in [0.25, 0.3) is 0 Å². The summed E-state index contributed by atoms with van der Waals surface area (Å²) in [6.45, 7) is 12.9. The largest absolute Gasteiger partial charge is 0.530 e. The fourth-order valence-corrected chi connectivity index (χ4v) is 5.03. The molecule has 2 heterocycles. The Morgan fingerprint density at radius 3 is 2.08 bits per heavy atom. The van der Waals surface area contributed by atoms with Crippen molar-refractivity contribution < 1.29 is 8.85 Å². The minimum Gasteiger partial charge on any atom is -0.530 e. The molecule has 4 nitrogen and oxygen atoms in total. The average molecular weight is 468 g/mol. The van der Waals surface area contributed by atoms with E-state index in [0.717, 1.165) is 25.8 Å². The molecule has 0 fully saturated rings. The van der Waals surface area contributed by atoms with Crippen molar-refractivity contribution in [2.24, 2.45) is 0 Å². The van der Waals surface area contributed by atoms with E-state index in [4.69, 9.17) is 13.8 Å². The van der Waals surface area contributed by atoms with Gasteiger partial charge in [0.05, 0.1) is 5.52 Å². The molecule has 0 bridgehead atoms. The Morgan fingerprint density at radius 1 is 0.885 bits per heavy atom. The normalized spacial score (nSPS) is 12.4. The van der Waals surface area contributed by atoms with Gasteiger partial charge >= 0.3 is 6.01 Å². The summed E-state index contributed by atoms with van der Waals surface area (Å²) in [5.41, 5.74) is 3.10. The van der Waals surface area contributed by atoms with Crippen molar-refractivity contribution in [3.8, 4) is 23.0 Å². The molecule has 0 spiro atoms. The molecule has 0 unspecified atom stereocenters. The van der Waals surface area contributed by atoms with Gasteiger partial charge < -0.3 is 8.85 Å². The lowest BCUT2D eigenvalue weighted by Gasteiger charge is -2.21. The minimum atomic E-state index is -1.82. The van der Waals surface area contributed by atoms with Crippen molar-refractivity contribution in [2.75, 3.05) is 0 Å². The summed E-state index contributed by atoms with van der Waals surface area (Å²) in [5.74, 6) is 0.649. The van der Waals surface area contributed by atoms with Crippen LogP contribution in [0.25, 0.3) is 21.3 Å². The number of nitrogens with zero attached hydrogens (tertiary/aromatic N) is 2. The summed E-state index contributed by atoms with van der Waals surface area (Å²) in [6.07, 6.45) is 0. The minimum absolute atomic E-state index is 0.418. The molecular formula is C18H23BrN2O2SSi2. The van der Waals surface area contributed by atoms with Gasteiger partial charge in [0.15, 0.2) is 0 Å². The van der Waals surface area contributed by atoms with Crippen molar-refractivity contribution in [1.29, 1.82) is 0 Å². The summed E-state index contributed by atoms with van der Waals surface area (Å²) < 4.78 is 14.4. The zero-order valence-electron chi connectivity index (χ0n) is 15.9. The quantitative estimate of drug-likeness (QED) is 0.399. The average Bonchev–Trinajstić information content (AvgIpc) is 2.89. The predicted molar refractivity (Wildman–Crippen MR) is 118 cm³/mol. The monoisotopic (exact) mass is 466 g/mol. The van der Waals surface area contributed by atoms with Crippen LogP contribution >= 0.6 is 27.3 Å². The van der Waals surface area contributed by atoms with Crippen LogP contribution in [0.15, 0.2) is 34.1 Å². The van der Waals surface area contributed by atoms with Gasteiger partial charge in [-0.3, -0.25) is 0 Å². The highest BCUT2D eigenvalue weighted by atomic mass is 79.9. The van der Waals surface area contributed by atoms with Gasteiger partial charge in [0.2, 0.25) is 22.5 Å². The number of hydrogen-bond acceptors (Lipinski definition) is 5. The van der Waals surface area contributed by atoms with Crippen LogP contribution in [0.3, 0.4) is 0 Å². The predicted octanol–water partition coefficient (Wildman–Crippen LogP) is 6.55. The van der Waals surface area contributed by atoms with E-state index in [1.807, 2.05) is 12.1 Å². The molecule has 0 atom stereocenters. The second kappa shape index (κ2) is 7.07. The first-order valence-corrected chi connectivity index (χ1v) is 16.9. The van der Waals surface area contributed by atoms with Crippen LogP contribution in [0.4, 0.5) is 0 Å². The highest BCUT2D eigenvalue weighted by Crippen LogP contribution is 2.39. The van der Waals surface area contributed by atoms with Gasteiger partial charge in [-0.15, -0.1) is 11.3 Å². The lowest BCUT2D eigenvalue weighted by Crippen LogP contribution is -2.31. The first kappa shape index (κ1) is 19.5. The number of aromatic nitrogens is 2. The van der Waals surface area contributed by atoms with Crippen molar-refractivity contribution in [3.63, 3.8) is 0 Å². The summed E-state index contributed by atoms with van der Waals surface area (Å²) in [4.78, 5) is 9.36. The molecule has 138 valence electrons. The van der Waals surface area contributed by atoms with Crippen LogP contribution in [-0.2, 0) is 0 Å². The third-order valence-electron chi connectivity index (χ3n) is 3.32. The van der Waals surface area contributed by atoms with E-state index in [0.29, 0.717) is 11.9 Å². The molecule has 3 rings (SSSR count). The van der Waals surface area contributed by atoms with Gasteiger partial charge in [-0.1, -0.05) is 28.1 Å². The maximum absolute atomic E-state index is 6.26. The molecule has 8 heteroatoms. The summed E-state index contributed by atoms with van der Waals surface area (Å²) >= 11 is 5.12. The summed E-state index contributed by atoms with van der Waals surface area (Å²) in [6, 6.07) is 8.68. The van der Waals surface area contributed by atoms with Crippen LogP contribution in [-0.4, -0.2) is 26.6 Å². The maximum Gasteiger partial charge on any atom is 0.306 e. The first-order valence-electron chi connectivity index (χ1n) is 8.45. The second-order valence-corrected chi connectivity index (χ2v) is 18.7. The molecule has 0 aliphatic rings. The van der Waals surface area contributed by atoms with Gasteiger partial charge in [-0.05, 0) is 57.0 Å². The van der Waals surface area contributed by atoms with E-state index in [-0.39, 0.29) is 0 Å². The SMILES string of the molecule is C[Si](C)(C)Oc1nc(O[Si](C)(C)C)c2scc(-c3ccc(Br)cc3)c2n1. The highest BCUT2D eigenvalue weighted by Gasteiger charge is 2.25. The Labute approximate surface area is 169 Å². The Kier molecular flexibility index (Phi) is 5.31. The number of rotatable bonds is 5. The number of fused-ring (bicyclic) bond motifs is 1. The smallest absolute Gasteiger partial charge is 0.306 e. The fraction of sp³-hybridized carbons (Fsp3) is 0.333. The molecule has 3 aromatic rings. The molecular weight excluding hydrogens is 444 g/mol. The second-order valence-electron chi connectivity index (χ2n) is 8.07. The molecule has 2 aromatic heterocycles. The molecule has 0 aliphatic heterocycles. The number of halogens is 1. The maximum atomic E-state index is 6.26. The summed E-state index contributed by atoms with van der Waals surface area (Å²) in [7, 11) is -3.63. The number of hydrogen-bond donors (Lipinski definition) is 0. The highest BCUT2D eigenvalue weighted by molar-refractivity contribution is 9.10. The van der Waals surface area contributed by atoms with Gasteiger partial charge in [-0.2, -0.15) is 9.97 Å². The van der Waals surface area contributed by atoms with Crippen LogP contribution in [0.1, 0.15) is 0 Å². The lowest BCUT2D eigenvalue weighted by atomic mass is 10.1. The van der Waals surface area contributed by atoms with Crippen molar-refractivity contribution in [3.05, 3.63) is 34.1 Å². The first-order chi connectivity index (χ1) is 12.0. The Hall–Kier alpha value is -1.23. The Morgan fingerprint density at radius 2 is 1.50 bits per heavy atom. The van der Waals surface area contributed by atoms with Crippen LogP contribution < -0.4 is 8.85 Å². The van der Waals surface area contributed by atoms with Crippen LogP contribution in [0, 0.1) is 0 Å². The number of benzene rings is 1. The number of thiophene rings is 1. The topological polar surface area (TPSA) is 44.2 Å². The molecule has 0 radical (unpaired) electrons. The molecule has 26 heavy (non-hydrogen) atoms.